The van der Waals surface area contributed by atoms with E-state index >= 15 is 0 Å². The van der Waals surface area contributed by atoms with Gasteiger partial charge in [-0.25, -0.2) is 0 Å². The van der Waals surface area contributed by atoms with Crippen LogP contribution in [-0.4, -0.2) is 22.4 Å². The Morgan fingerprint density at radius 3 is 1.75 bits per heavy atom. The van der Waals surface area contributed by atoms with E-state index in [0.717, 1.165) is 12.8 Å². The largest absolute Gasteiger partial charge is 0.393 e. The molecule has 0 aromatic heterocycles. The number of allylic oxidation sites excluding steroid dienone is 2. The lowest BCUT2D eigenvalue weighted by Gasteiger charge is -2.32. The van der Waals surface area contributed by atoms with Crippen LogP contribution in [0.2, 0.25) is 0 Å². The maximum Gasteiger partial charge on any atom is 0.0604 e. The van der Waals surface area contributed by atoms with Crippen LogP contribution in [-0.2, 0) is 0 Å². The van der Waals surface area contributed by atoms with E-state index in [9.17, 15) is 10.2 Å². The fourth-order valence-corrected chi connectivity index (χ4v) is 5.94. The van der Waals surface area contributed by atoms with Crippen LogP contribution >= 0.6 is 0 Å². The number of aliphatic hydroxyl groups is 2. The highest BCUT2D eigenvalue weighted by Gasteiger charge is 2.89. The molecule has 0 aromatic rings. The first-order valence-corrected chi connectivity index (χ1v) is 6.56. The Bertz CT molecular complexity index is 313. The van der Waals surface area contributed by atoms with Crippen molar-refractivity contribution in [3.63, 3.8) is 0 Å². The fraction of sp³-hybridized carbons (Fsp3) is 0.857. The van der Waals surface area contributed by atoms with Gasteiger partial charge in [0.15, 0.2) is 0 Å². The van der Waals surface area contributed by atoms with Crippen LogP contribution in [0.5, 0.6) is 0 Å². The maximum atomic E-state index is 10.3. The minimum Gasteiger partial charge on any atom is -0.393 e. The lowest BCUT2D eigenvalue weighted by atomic mass is 9.77. The first-order chi connectivity index (χ1) is 7.55. The van der Waals surface area contributed by atoms with E-state index in [1.165, 1.54) is 19.3 Å². The number of rotatable bonds is 2. The summed E-state index contributed by atoms with van der Waals surface area (Å²) in [6, 6.07) is 0. The Kier molecular flexibility index (Phi) is 1.96. The molecule has 0 saturated heterocycles. The molecule has 1 unspecified atom stereocenters. The molecule has 2 heteroatoms. The van der Waals surface area contributed by atoms with Crippen LogP contribution in [0.1, 0.15) is 46.0 Å². The Morgan fingerprint density at radius 1 is 0.938 bits per heavy atom. The summed E-state index contributed by atoms with van der Waals surface area (Å²) in [5, 5.41) is 20.5. The molecule has 3 rings (SSSR count). The van der Waals surface area contributed by atoms with E-state index < -0.39 is 12.2 Å². The van der Waals surface area contributed by atoms with Crippen molar-refractivity contribution in [2.75, 3.05) is 0 Å². The van der Waals surface area contributed by atoms with E-state index in [-0.39, 0.29) is 16.2 Å². The summed E-state index contributed by atoms with van der Waals surface area (Å²) in [5.41, 5.74) is 0.177. The Hall–Kier alpha value is -0.340. The quantitative estimate of drug-likeness (QED) is 0.704. The molecular formula is C14H22O2. The number of hydrogen-bond acceptors (Lipinski definition) is 2. The van der Waals surface area contributed by atoms with Gasteiger partial charge in [0.05, 0.1) is 12.2 Å². The second-order valence-electron chi connectivity index (χ2n) is 6.12. The second kappa shape index (κ2) is 2.91. The van der Waals surface area contributed by atoms with Gasteiger partial charge in [0.2, 0.25) is 0 Å². The third-order valence-electron chi connectivity index (χ3n) is 6.06. The zero-order valence-corrected chi connectivity index (χ0v) is 10.2. The van der Waals surface area contributed by atoms with Crippen molar-refractivity contribution in [3.8, 4) is 0 Å². The molecular weight excluding hydrogens is 200 g/mol. The molecule has 3 aliphatic rings. The van der Waals surface area contributed by atoms with Gasteiger partial charge in [0.1, 0.15) is 0 Å². The lowest BCUT2D eigenvalue weighted by molar-refractivity contribution is -0.0336. The van der Waals surface area contributed by atoms with Crippen molar-refractivity contribution >= 4 is 0 Å². The minimum absolute atomic E-state index is 0.205. The van der Waals surface area contributed by atoms with Crippen molar-refractivity contribution in [3.05, 3.63) is 12.2 Å². The van der Waals surface area contributed by atoms with Crippen LogP contribution in [0.15, 0.2) is 12.2 Å². The summed E-state index contributed by atoms with van der Waals surface area (Å²) in [4.78, 5) is 0. The lowest BCUT2D eigenvalue weighted by Crippen LogP contribution is -2.38. The molecule has 0 amide bonds. The molecule has 0 radical (unpaired) electrons. The van der Waals surface area contributed by atoms with Crippen LogP contribution in [0, 0.1) is 16.2 Å². The molecule has 2 N–H and O–H groups in total. The predicted octanol–water partition coefficient (Wildman–Crippen LogP) is 2.25. The summed E-state index contributed by atoms with van der Waals surface area (Å²) < 4.78 is 0. The van der Waals surface area contributed by atoms with Crippen molar-refractivity contribution < 1.29 is 10.2 Å². The molecule has 2 saturated carbocycles. The number of aliphatic hydroxyl groups excluding tert-OH is 2. The molecule has 5 atom stereocenters. The third-order valence-corrected chi connectivity index (χ3v) is 6.06. The zero-order valence-electron chi connectivity index (χ0n) is 10.2. The summed E-state index contributed by atoms with van der Waals surface area (Å²) in [6.07, 6.45) is 9.49. The molecule has 0 heterocycles. The van der Waals surface area contributed by atoms with Crippen molar-refractivity contribution in [1.82, 2.24) is 0 Å². The van der Waals surface area contributed by atoms with Crippen molar-refractivity contribution in [1.29, 1.82) is 0 Å². The van der Waals surface area contributed by atoms with Gasteiger partial charge in [0, 0.05) is 5.41 Å². The normalized spacial score (nSPS) is 53.0. The van der Waals surface area contributed by atoms with E-state index in [0.29, 0.717) is 0 Å². The van der Waals surface area contributed by atoms with Crippen LogP contribution in [0.25, 0.3) is 0 Å². The van der Waals surface area contributed by atoms with Crippen LogP contribution < -0.4 is 0 Å². The van der Waals surface area contributed by atoms with E-state index in [2.05, 4.69) is 12.2 Å². The molecule has 2 fully saturated rings. The zero-order chi connectivity index (χ0) is 11.6. The van der Waals surface area contributed by atoms with E-state index in [1.807, 2.05) is 13.8 Å². The van der Waals surface area contributed by atoms with E-state index in [1.54, 1.807) is 0 Å². The van der Waals surface area contributed by atoms with Crippen molar-refractivity contribution in [2.45, 2.75) is 58.2 Å². The average Bonchev–Trinajstić information content (AvgIpc) is 2.52. The van der Waals surface area contributed by atoms with Gasteiger partial charge < -0.3 is 10.2 Å². The minimum atomic E-state index is -0.396. The average molecular weight is 222 g/mol. The maximum absolute atomic E-state index is 10.3. The summed E-state index contributed by atoms with van der Waals surface area (Å²) >= 11 is 0. The van der Waals surface area contributed by atoms with Gasteiger partial charge in [0.25, 0.3) is 0 Å². The number of hydrogen-bond donors (Lipinski definition) is 2. The molecule has 0 spiro atoms. The standard InChI is InChI=1S/C14H22O2/c1-10(15)14(11(2)16)12-6-3-4-7-13(12,14)9-5-8-12/h3-4,10-11,15-16H,5-9H2,1-2H3/t10-,11+,12-,13+,14?. The monoisotopic (exact) mass is 222 g/mol. The highest BCUT2D eigenvalue weighted by atomic mass is 16.3. The Balaban J connectivity index is 2.12. The van der Waals surface area contributed by atoms with Gasteiger partial charge in [-0.3, -0.25) is 0 Å². The van der Waals surface area contributed by atoms with Crippen molar-refractivity contribution in [2.24, 2.45) is 16.2 Å². The van der Waals surface area contributed by atoms with Crippen LogP contribution in [0.3, 0.4) is 0 Å². The van der Waals surface area contributed by atoms with Crippen LogP contribution in [0.4, 0.5) is 0 Å². The molecule has 0 aromatic carbocycles. The second-order valence-corrected chi connectivity index (χ2v) is 6.12. The van der Waals surface area contributed by atoms with Gasteiger partial charge in [-0.05, 0) is 50.4 Å². The molecule has 3 aliphatic carbocycles. The highest BCUT2D eigenvalue weighted by Crippen LogP contribution is 2.91. The van der Waals surface area contributed by atoms with Gasteiger partial charge in [-0.2, -0.15) is 0 Å². The van der Waals surface area contributed by atoms with Gasteiger partial charge >= 0.3 is 0 Å². The van der Waals surface area contributed by atoms with E-state index in [4.69, 9.17) is 0 Å². The fourth-order valence-electron chi connectivity index (χ4n) is 5.94. The molecule has 16 heavy (non-hydrogen) atoms. The summed E-state index contributed by atoms with van der Waals surface area (Å²) in [7, 11) is 0. The Morgan fingerprint density at radius 2 is 1.38 bits per heavy atom. The summed E-state index contributed by atoms with van der Waals surface area (Å²) in [6.45, 7) is 3.75. The Labute approximate surface area is 97.4 Å². The topological polar surface area (TPSA) is 40.5 Å². The predicted molar refractivity (Wildman–Crippen MR) is 62.9 cm³/mol. The SMILES string of the molecule is C[C@H](O)C1([C@@H](C)O)[C@@]23CC=CC[C@@]12CCC3. The third kappa shape index (κ3) is 0.760. The first-order valence-electron chi connectivity index (χ1n) is 6.56. The molecule has 2 nitrogen and oxygen atoms in total. The van der Waals surface area contributed by atoms with Gasteiger partial charge in [-0.15, -0.1) is 0 Å². The van der Waals surface area contributed by atoms with Gasteiger partial charge in [-0.1, -0.05) is 18.6 Å². The highest BCUT2D eigenvalue weighted by molar-refractivity contribution is 5.39. The molecule has 90 valence electrons. The molecule has 0 aliphatic heterocycles. The molecule has 0 bridgehead atoms. The first kappa shape index (κ1) is 10.8. The smallest absolute Gasteiger partial charge is 0.0604 e. The summed E-state index contributed by atoms with van der Waals surface area (Å²) in [5.74, 6) is 0.